The van der Waals surface area contributed by atoms with Gasteiger partial charge in [0.1, 0.15) is 5.82 Å². The van der Waals surface area contributed by atoms with Crippen LogP contribution in [0, 0.1) is 0 Å². The SMILES string of the molecule is CN(c1cccc(C2=CCN(S(=O)(=O)C3(C)CC3)CC2)c1)c1nc2nnc(Cl)n2c2ccccc12. The number of aromatic nitrogens is 4. The van der Waals surface area contributed by atoms with E-state index in [2.05, 4.69) is 22.3 Å². The molecule has 0 unspecified atom stereocenters. The highest BCUT2D eigenvalue weighted by Crippen LogP contribution is 2.45. The predicted octanol–water partition coefficient (Wildman–Crippen LogP) is 4.67. The first-order chi connectivity index (χ1) is 16.8. The maximum Gasteiger partial charge on any atom is 0.258 e. The molecule has 0 spiro atoms. The Labute approximate surface area is 208 Å². The Morgan fingerprint density at radius 3 is 2.63 bits per heavy atom. The van der Waals surface area contributed by atoms with Crippen molar-refractivity contribution in [3.63, 3.8) is 0 Å². The number of nitrogens with zero attached hydrogens (tertiary/aromatic N) is 6. The van der Waals surface area contributed by atoms with Crippen molar-refractivity contribution in [3.8, 4) is 0 Å². The number of rotatable bonds is 5. The van der Waals surface area contributed by atoms with Crippen molar-refractivity contribution in [1.82, 2.24) is 23.9 Å². The highest BCUT2D eigenvalue weighted by atomic mass is 35.5. The third kappa shape index (κ3) is 3.61. The Balaban J connectivity index is 1.33. The molecule has 2 aromatic carbocycles. The van der Waals surface area contributed by atoms with Gasteiger partial charge in [0.15, 0.2) is 0 Å². The minimum atomic E-state index is -3.24. The number of halogens is 1. The Hall–Kier alpha value is -3.01. The lowest BCUT2D eigenvalue weighted by Crippen LogP contribution is -2.41. The van der Waals surface area contributed by atoms with Crippen LogP contribution in [0.15, 0.2) is 54.6 Å². The van der Waals surface area contributed by atoms with E-state index in [4.69, 9.17) is 16.6 Å². The summed E-state index contributed by atoms with van der Waals surface area (Å²) in [4.78, 5) is 6.78. The van der Waals surface area contributed by atoms with Crippen LogP contribution in [0.2, 0.25) is 5.28 Å². The van der Waals surface area contributed by atoms with Crippen LogP contribution in [0.5, 0.6) is 0 Å². The van der Waals surface area contributed by atoms with Gasteiger partial charge in [-0.1, -0.05) is 30.3 Å². The van der Waals surface area contributed by atoms with Gasteiger partial charge in [0, 0.05) is 31.2 Å². The van der Waals surface area contributed by atoms with Crippen LogP contribution >= 0.6 is 11.6 Å². The first-order valence-electron chi connectivity index (χ1n) is 11.6. The van der Waals surface area contributed by atoms with Crippen LogP contribution in [-0.4, -0.2) is 57.2 Å². The standard InChI is InChI=1S/C25H25ClN6O2S/c1-25(12-13-25)35(33,34)31-14-10-17(11-15-31)18-6-5-7-19(16-18)30(2)22-20-8-3-4-9-21(20)32-23(26)28-29-24(32)27-22/h3-10,16H,11-15H2,1-2H3. The van der Waals surface area contributed by atoms with Crippen LogP contribution in [0.25, 0.3) is 22.3 Å². The zero-order valence-electron chi connectivity index (χ0n) is 19.5. The van der Waals surface area contributed by atoms with Crippen molar-refractivity contribution in [2.45, 2.75) is 30.9 Å². The van der Waals surface area contributed by atoms with E-state index in [9.17, 15) is 8.42 Å². The Morgan fingerprint density at radius 2 is 1.89 bits per heavy atom. The fourth-order valence-corrected chi connectivity index (χ4v) is 6.77. The summed E-state index contributed by atoms with van der Waals surface area (Å²) in [7, 11) is -1.26. The minimum absolute atomic E-state index is 0.274. The largest absolute Gasteiger partial charge is 0.329 e. The summed E-state index contributed by atoms with van der Waals surface area (Å²) in [6, 6.07) is 16.1. The molecule has 4 aromatic rings. The molecule has 0 saturated heterocycles. The molecule has 1 fully saturated rings. The summed E-state index contributed by atoms with van der Waals surface area (Å²) in [5.41, 5.74) is 4.09. The molecule has 35 heavy (non-hydrogen) atoms. The summed E-state index contributed by atoms with van der Waals surface area (Å²) in [6.45, 7) is 2.79. The molecule has 1 aliphatic carbocycles. The van der Waals surface area contributed by atoms with E-state index in [0.29, 0.717) is 25.3 Å². The Bertz CT molecular complexity index is 1610. The molecule has 0 N–H and O–H groups in total. The lowest BCUT2D eigenvalue weighted by atomic mass is 9.99. The number of anilines is 2. The third-order valence-electron chi connectivity index (χ3n) is 7.21. The van der Waals surface area contributed by atoms with E-state index in [1.165, 1.54) is 0 Å². The molecular formula is C25H25ClN6O2S. The quantitative estimate of drug-likeness (QED) is 0.389. The van der Waals surface area contributed by atoms with Gasteiger partial charge in [-0.25, -0.2) is 12.8 Å². The number of benzene rings is 2. The van der Waals surface area contributed by atoms with Gasteiger partial charge in [-0.2, -0.15) is 9.29 Å². The van der Waals surface area contributed by atoms with Crippen LogP contribution in [-0.2, 0) is 10.0 Å². The van der Waals surface area contributed by atoms with E-state index < -0.39 is 14.8 Å². The monoisotopic (exact) mass is 508 g/mol. The minimum Gasteiger partial charge on any atom is -0.329 e. The summed E-state index contributed by atoms with van der Waals surface area (Å²) >= 11 is 6.26. The van der Waals surface area contributed by atoms with Crippen molar-refractivity contribution in [2.24, 2.45) is 0 Å². The summed E-state index contributed by atoms with van der Waals surface area (Å²) in [5, 5.41) is 9.31. The first kappa shape index (κ1) is 22.5. The molecular weight excluding hydrogens is 484 g/mol. The maximum atomic E-state index is 12.9. The highest BCUT2D eigenvalue weighted by molar-refractivity contribution is 7.90. The maximum absolute atomic E-state index is 12.9. The van der Waals surface area contributed by atoms with Crippen molar-refractivity contribution in [3.05, 3.63) is 65.5 Å². The second-order valence-electron chi connectivity index (χ2n) is 9.46. The molecule has 3 heterocycles. The van der Waals surface area contributed by atoms with Gasteiger partial charge in [0.05, 0.1) is 10.3 Å². The molecule has 1 aliphatic heterocycles. The molecule has 8 nitrogen and oxygen atoms in total. The van der Waals surface area contributed by atoms with Gasteiger partial charge < -0.3 is 4.90 Å². The van der Waals surface area contributed by atoms with Crippen molar-refractivity contribution in [1.29, 1.82) is 0 Å². The average Bonchev–Trinajstić information content (AvgIpc) is 3.54. The van der Waals surface area contributed by atoms with Crippen molar-refractivity contribution < 1.29 is 8.42 Å². The molecule has 2 aromatic heterocycles. The highest BCUT2D eigenvalue weighted by Gasteiger charge is 2.52. The molecule has 180 valence electrons. The fraction of sp³-hybridized carbons (Fsp3) is 0.320. The second-order valence-corrected chi connectivity index (χ2v) is 12.2. The van der Waals surface area contributed by atoms with Gasteiger partial charge in [-0.15, -0.1) is 10.2 Å². The number of fused-ring (bicyclic) bond motifs is 3. The first-order valence-corrected chi connectivity index (χ1v) is 13.4. The zero-order valence-corrected chi connectivity index (χ0v) is 21.1. The number of hydrogen-bond donors (Lipinski definition) is 0. The van der Waals surface area contributed by atoms with Crippen LogP contribution in [0.4, 0.5) is 11.5 Å². The van der Waals surface area contributed by atoms with E-state index in [1.807, 2.05) is 61.3 Å². The van der Waals surface area contributed by atoms with Crippen LogP contribution < -0.4 is 4.90 Å². The predicted molar refractivity (Wildman–Crippen MR) is 139 cm³/mol. The molecule has 1 saturated carbocycles. The van der Waals surface area contributed by atoms with Gasteiger partial charge in [-0.3, -0.25) is 0 Å². The number of sulfonamides is 1. The van der Waals surface area contributed by atoms with E-state index in [-0.39, 0.29) is 5.28 Å². The summed E-state index contributed by atoms with van der Waals surface area (Å²) < 4.78 is 28.6. The Morgan fingerprint density at radius 1 is 1.09 bits per heavy atom. The summed E-state index contributed by atoms with van der Waals surface area (Å²) in [6.07, 6.45) is 4.25. The molecule has 6 rings (SSSR count). The van der Waals surface area contributed by atoms with Crippen LogP contribution in [0.1, 0.15) is 31.7 Å². The molecule has 0 radical (unpaired) electrons. The van der Waals surface area contributed by atoms with Gasteiger partial charge >= 0.3 is 0 Å². The summed E-state index contributed by atoms with van der Waals surface area (Å²) in [5.74, 6) is 1.19. The molecule has 2 aliphatic rings. The third-order valence-corrected chi connectivity index (χ3v) is 10.1. The van der Waals surface area contributed by atoms with Crippen molar-refractivity contribution >= 4 is 55.4 Å². The van der Waals surface area contributed by atoms with Gasteiger partial charge in [-0.05, 0) is 73.2 Å². The molecule has 10 heteroatoms. The molecule has 0 bridgehead atoms. The van der Waals surface area contributed by atoms with Gasteiger partial charge in [0.25, 0.3) is 5.78 Å². The van der Waals surface area contributed by atoms with E-state index >= 15 is 0 Å². The second kappa shape index (κ2) is 8.01. The normalized spacial score (nSPS) is 18.1. The zero-order chi connectivity index (χ0) is 24.4. The topological polar surface area (TPSA) is 83.7 Å². The average molecular weight is 509 g/mol. The fourth-order valence-electron chi connectivity index (χ4n) is 4.72. The van der Waals surface area contributed by atoms with Crippen LogP contribution in [0.3, 0.4) is 0 Å². The van der Waals surface area contributed by atoms with E-state index in [1.54, 1.807) is 8.71 Å². The molecule has 0 amide bonds. The van der Waals surface area contributed by atoms with Gasteiger partial charge in [0.2, 0.25) is 15.3 Å². The number of hydrogen-bond acceptors (Lipinski definition) is 6. The van der Waals surface area contributed by atoms with Crippen molar-refractivity contribution in [2.75, 3.05) is 25.0 Å². The molecule has 0 atom stereocenters. The van der Waals surface area contributed by atoms with E-state index in [0.717, 1.165) is 46.4 Å². The lowest BCUT2D eigenvalue weighted by Gasteiger charge is -2.29. The lowest BCUT2D eigenvalue weighted by molar-refractivity contribution is 0.431. The smallest absolute Gasteiger partial charge is 0.258 e. The Kier molecular flexibility index (Phi) is 5.14. The number of para-hydroxylation sites is 1.